The molecule has 0 unspecified atom stereocenters. The van der Waals surface area contributed by atoms with E-state index in [1.807, 2.05) is 37.3 Å². The number of fused-ring (bicyclic) bond motifs is 1. The first kappa shape index (κ1) is 21.9. The summed E-state index contributed by atoms with van der Waals surface area (Å²) in [6, 6.07) is 13.4. The first-order valence-electron chi connectivity index (χ1n) is 8.98. The van der Waals surface area contributed by atoms with Crippen molar-refractivity contribution < 1.29 is 14.3 Å². The molecule has 1 aromatic heterocycles. The number of para-hydroxylation sites is 2. The van der Waals surface area contributed by atoms with Crippen molar-refractivity contribution in [2.45, 2.75) is 26.9 Å². The van der Waals surface area contributed by atoms with Gasteiger partial charge in [0.2, 0.25) is 0 Å². The number of phenols is 1. The highest BCUT2D eigenvalue weighted by Crippen LogP contribution is 2.29. The number of hydrogen-bond acceptors (Lipinski definition) is 4. The number of benzene rings is 2. The van der Waals surface area contributed by atoms with Gasteiger partial charge < -0.3 is 24.9 Å². The van der Waals surface area contributed by atoms with Gasteiger partial charge in [0, 0.05) is 23.1 Å². The predicted molar refractivity (Wildman–Crippen MR) is 123 cm³/mol. The van der Waals surface area contributed by atoms with Gasteiger partial charge in [0.05, 0.1) is 20.2 Å². The van der Waals surface area contributed by atoms with Crippen molar-refractivity contribution in [2.24, 2.45) is 4.99 Å². The van der Waals surface area contributed by atoms with Gasteiger partial charge in [0.25, 0.3) is 0 Å². The number of furan rings is 1. The number of halogens is 1. The lowest BCUT2D eigenvalue weighted by atomic mass is 10.1. The Morgan fingerprint density at radius 1 is 1.14 bits per heavy atom. The highest BCUT2D eigenvalue weighted by Gasteiger charge is 2.11. The third kappa shape index (κ3) is 4.89. The standard InChI is InChI=1S/C21H25N3O3.HI/c1-4-22-21(23-12-15-8-7-11-18(26-3)20(15)25)24-13-19-14(2)16-9-5-6-10-17(16)27-19;/h5-11,25H,4,12-13H2,1-3H3,(H2,22,23,24);1H. The molecule has 28 heavy (non-hydrogen) atoms. The minimum atomic E-state index is 0. The summed E-state index contributed by atoms with van der Waals surface area (Å²) in [5.74, 6) is 2.09. The lowest BCUT2D eigenvalue weighted by Crippen LogP contribution is -2.36. The molecule has 0 atom stereocenters. The van der Waals surface area contributed by atoms with Crippen LogP contribution in [0.15, 0.2) is 51.9 Å². The largest absolute Gasteiger partial charge is 0.504 e. The molecule has 7 heteroatoms. The maximum Gasteiger partial charge on any atom is 0.191 e. The fourth-order valence-electron chi connectivity index (χ4n) is 2.92. The first-order chi connectivity index (χ1) is 13.1. The van der Waals surface area contributed by atoms with Gasteiger partial charge in [-0.2, -0.15) is 0 Å². The molecule has 1 heterocycles. The Morgan fingerprint density at radius 2 is 1.93 bits per heavy atom. The average Bonchev–Trinajstić information content (AvgIpc) is 3.01. The molecule has 0 bridgehead atoms. The number of methoxy groups -OCH3 is 1. The van der Waals surface area contributed by atoms with Gasteiger partial charge in [-0.15, -0.1) is 24.0 Å². The Hall–Kier alpha value is -2.42. The van der Waals surface area contributed by atoms with Crippen LogP contribution in [0, 0.1) is 6.92 Å². The Labute approximate surface area is 182 Å². The summed E-state index contributed by atoms with van der Waals surface area (Å²) in [4.78, 5) is 4.56. The number of nitrogens with one attached hydrogen (secondary N) is 2. The molecule has 0 aliphatic heterocycles. The fourth-order valence-corrected chi connectivity index (χ4v) is 2.92. The van der Waals surface area contributed by atoms with E-state index in [1.54, 1.807) is 6.07 Å². The van der Waals surface area contributed by atoms with Crippen LogP contribution in [0.25, 0.3) is 11.0 Å². The second-order valence-electron chi connectivity index (χ2n) is 6.16. The molecule has 150 valence electrons. The smallest absolute Gasteiger partial charge is 0.191 e. The molecule has 0 saturated heterocycles. The van der Waals surface area contributed by atoms with E-state index in [0.717, 1.165) is 28.8 Å². The number of nitrogens with zero attached hydrogens (tertiary/aromatic N) is 1. The zero-order valence-electron chi connectivity index (χ0n) is 16.3. The topological polar surface area (TPSA) is 79.0 Å². The Bertz CT molecular complexity index is 953. The molecule has 3 rings (SSSR count). The second-order valence-corrected chi connectivity index (χ2v) is 6.16. The van der Waals surface area contributed by atoms with Gasteiger partial charge >= 0.3 is 0 Å². The van der Waals surface area contributed by atoms with Gasteiger partial charge in [-0.05, 0) is 26.0 Å². The number of aromatic hydroxyl groups is 1. The fraction of sp³-hybridized carbons (Fsp3) is 0.286. The summed E-state index contributed by atoms with van der Waals surface area (Å²) in [5.41, 5.74) is 2.71. The van der Waals surface area contributed by atoms with E-state index in [0.29, 0.717) is 30.4 Å². The summed E-state index contributed by atoms with van der Waals surface area (Å²) < 4.78 is 11.1. The van der Waals surface area contributed by atoms with E-state index < -0.39 is 0 Å². The summed E-state index contributed by atoms with van der Waals surface area (Å²) in [7, 11) is 1.53. The maximum absolute atomic E-state index is 10.2. The molecule has 0 aliphatic rings. The molecule has 2 aromatic carbocycles. The number of aryl methyl sites for hydroxylation is 1. The van der Waals surface area contributed by atoms with Crippen LogP contribution in [-0.2, 0) is 13.1 Å². The van der Waals surface area contributed by atoms with Crippen molar-refractivity contribution in [1.82, 2.24) is 10.6 Å². The lowest BCUT2D eigenvalue weighted by molar-refractivity contribution is 0.370. The summed E-state index contributed by atoms with van der Waals surface area (Å²) in [5, 5.41) is 17.8. The molecule has 0 fully saturated rings. The highest BCUT2D eigenvalue weighted by atomic mass is 127. The number of rotatable bonds is 6. The molecule has 3 N–H and O–H groups in total. The van der Waals surface area contributed by atoms with Crippen molar-refractivity contribution in [2.75, 3.05) is 13.7 Å². The van der Waals surface area contributed by atoms with Crippen molar-refractivity contribution in [1.29, 1.82) is 0 Å². The van der Waals surface area contributed by atoms with Crippen LogP contribution in [0.1, 0.15) is 23.8 Å². The van der Waals surface area contributed by atoms with Crippen LogP contribution in [-0.4, -0.2) is 24.7 Å². The second kappa shape index (κ2) is 10.2. The van der Waals surface area contributed by atoms with Gasteiger partial charge in [-0.25, -0.2) is 4.99 Å². The van der Waals surface area contributed by atoms with Crippen molar-refractivity contribution >= 4 is 40.9 Å². The average molecular weight is 495 g/mol. The zero-order chi connectivity index (χ0) is 19.2. The molecule has 0 amide bonds. The first-order valence-corrected chi connectivity index (χ1v) is 8.98. The third-order valence-electron chi connectivity index (χ3n) is 4.41. The number of phenolic OH excluding ortho intramolecular Hbond substituents is 1. The quantitative estimate of drug-likeness (QED) is 0.270. The molecular formula is C21H26IN3O3. The van der Waals surface area contributed by atoms with E-state index in [1.165, 1.54) is 7.11 Å². The summed E-state index contributed by atoms with van der Waals surface area (Å²) in [6.45, 7) is 5.65. The highest BCUT2D eigenvalue weighted by molar-refractivity contribution is 14.0. The van der Waals surface area contributed by atoms with Gasteiger partial charge in [-0.1, -0.05) is 30.3 Å². The molecular weight excluding hydrogens is 469 g/mol. The van der Waals surface area contributed by atoms with Crippen LogP contribution in [0.3, 0.4) is 0 Å². The predicted octanol–water partition coefficient (Wildman–Crippen LogP) is 4.33. The molecule has 0 radical (unpaired) electrons. The van der Waals surface area contributed by atoms with E-state index in [4.69, 9.17) is 9.15 Å². The minimum absolute atomic E-state index is 0. The monoisotopic (exact) mass is 495 g/mol. The van der Waals surface area contributed by atoms with Crippen LogP contribution in [0.4, 0.5) is 0 Å². The molecule has 0 saturated carbocycles. The van der Waals surface area contributed by atoms with Crippen LogP contribution < -0.4 is 15.4 Å². The molecule has 6 nitrogen and oxygen atoms in total. The van der Waals surface area contributed by atoms with Gasteiger partial charge in [0.15, 0.2) is 17.5 Å². The maximum atomic E-state index is 10.2. The molecule has 3 aromatic rings. The van der Waals surface area contributed by atoms with E-state index >= 15 is 0 Å². The number of ether oxygens (including phenoxy) is 1. The number of guanidine groups is 1. The van der Waals surface area contributed by atoms with E-state index in [2.05, 4.69) is 28.6 Å². The minimum Gasteiger partial charge on any atom is -0.504 e. The van der Waals surface area contributed by atoms with Crippen LogP contribution >= 0.6 is 24.0 Å². The van der Waals surface area contributed by atoms with Crippen molar-refractivity contribution in [3.8, 4) is 11.5 Å². The van der Waals surface area contributed by atoms with E-state index in [-0.39, 0.29) is 29.7 Å². The molecule has 0 aliphatic carbocycles. The Kier molecular flexibility index (Phi) is 7.98. The van der Waals surface area contributed by atoms with Crippen LogP contribution in [0.2, 0.25) is 0 Å². The normalized spacial score (nSPS) is 11.2. The SMILES string of the molecule is CCNC(=NCc1cccc(OC)c1O)NCc1oc2ccccc2c1C.I. The summed E-state index contributed by atoms with van der Waals surface area (Å²) in [6.07, 6.45) is 0. The van der Waals surface area contributed by atoms with Gasteiger partial charge in [-0.3, -0.25) is 0 Å². The van der Waals surface area contributed by atoms with Crippen LogP contribution in [0.5, 0.6) is 11.5 Å². The Balaban J connectivity index is 0.00000280. The third-order valence-corrected chi connectivity index (χ3v) is 4.41. The zero-order valence-corrected chi connectivity index (χ0v) is 18.6. The van der Waals surface area contributed by atoms with E-state index in [9.17, 15) is 5.11 Å². The van der Waals surface area contributed by atoms with Crippen molar-refractivity contribution in [3.63, 3.8) is 0 Å². The Morgan fingerprint density at radius 3 is 2.64 bits per heavy atom. The lowest BCUT2D eigenvalue weighted by Gasteiger charge is -2.11. The van der Waals surface area contributed by atoms with Gasteiger partial charge in [0.1, 0.15) is 11.3 Å². The summed E-state index contributed by atoms with van der Waals surface area (Å²) >= 11 is 0. The van der Waals surface area contributed by atoms with Crippen molar-refractivity contribution in [3.05, 3.63) is 59.4 Å². The number of hydrogen-bond donors (Lipinski definition) is 3. The molecule has 0 spiro atoms. The number of aliphatic imine (C=N–C) groups is 1.